The van der Waals surface area contributed by atoms with Gasteiger partial charge in [-0.2, -0.15) is 0 Å². The van der Waals surface area contributed by atoms with Gasteiger partial charge in [0.25, 0.3) is 0 Å². The van der Waals surface area contributed by atoms with Gasteiger partial charge in [-0.25, -0.2) is 0 Å². The van der Waals surface area contributed by atoms with E-state index in [0.717, 1.165) is 22.0 Å². The van der Waals surface area contributed by atoms with Crippen LogP contribution in [0.3, 0.4) is 0 Å². The van der Waals surface area contributed by atoms with Gasteiger partial charge in [-0.3, -0.25) is 0 Å². The molecule has 0 N–H and O–H groups in total. The Kier molecular flexibility index (Phi) is 7.73. The Bertz CT molecular complexity index is 820. The maximum absolute atomic E-state index is 13.9. The molecule has 2 nitrogen and oxygen atoms in total. The molecule has 150 valence electrons. The molecule has 0 amide bonds. The number of Topliss-reactive ketones (excluding diaryl/α,β-unsaturated/α-hetero) is 1. The van der Waals surface area contributed by atoms with Crippen molar-refractivity contribution in [2.24, 2.45) is 0 Å². The second kappa shape index (κ2) is 10.0. The Morgan fingerprint density at radius 1 is 0.929 bits per heavy atom. The topological polar surface area (TPSA) is 30.0 Å². The first kappa shape index (κ1) is 21.5. The zero-order chi connectivity index (χ0) is 20.0. The van der Waals surface area contributed by atoms with Crippen LogP contribution in [0.5, 0.6) is 0 Å². The standard InChI is InChI=1S/C13H8NO.3C4H9.Sn/c15-12-7-3-6-11-13(12)10-5-2-1-4-9(10)8-14-11;3*1-3-4-2;/h1-8H;3*1,3-4H2,2H3;. The quantitative estimate of drug-likeness (QED) is 0.324. The van der Waals surface area contributed by atoms with Crippen LogP contribution in [0.4, 0.5) is 0 Å². The maximum atomic E-state index is 13.9. The van der Waals surface area contributed by atoms with Crippen molar-refractivity contribution in [2.45, 2.75) is 76.5 Å². The number of rotatable bonds is 10. The van der Waals surface area contributed by atoms with Gasteiger partial charge in [0.2, 0.25) is 0 Å². The van der Waals surface area contributed by atoms with E-state index in [0.29, 0.717) is 5.78 Å². The summed E-state index contributed by atoms with van der Waals surface area (Å²) in [6, 6.07) is 8.26. The van der Waals surface area contributed by atoms with Crippen molar-refractivity contribution in [3.63, 3.8) is 0 Å². The number of hydrogen-bond donors (Lipinski definition) is 0. The number of pyridine rings is 1. The number of allylic oxidation sites excluding steroid dienone is 1. The summed E-state index contributed by atoms with van der Waals surface area (Å²) in [5.74, 6) is 0.390. The van der Waals surface area contributed by atoms with Gasteiger partial charge >= 0.3 is 175 Å². The van der Waals surface area contributed by atoms with Crippen LogP contribution in [0.15, 0.2) is 36.5 Å². The minimum atomic E-state index is -2.68. The van der Waals surface area contributed by atoms with Crippen molar-refractivity contribution in [3.05, 3.63) is 47.8 Å². The molecule has 0 saturated carbocycles. The molecular weight excluding hydrogens is 449 g/mol. The van der Waals surface area contributed by atoms with Crippen LogP contribution in [0, 0.1) is 0 Å². The van der Waals surface area contributed by atoms with Gasteiger partial charge in [0.1, 0.15) is 0 Å². The zero-order valence-electron chi connectivity index (χ0n) is 17.8. The molecule has 0 saturated heterocycles. The van der Waals surface area contributed by atoms with Crippen LogP contribution < -0.4 is 0 Å². The Morgan fingerprint density at radius 2 is 1.54 bits per heavy atom. The molecule has 3 rings (SSSR count). The Hall–Kier alpha value is -1.16. The van der Waals surface area contributed by atoms with E-state index in [1.54, 1.807) is 0 Å². The number of carbonyl (C=O) groups is 1. The first-order valence-corrected chi connectivity index (χ1v) is 19.0. The van der Waals surface area contributed by atoms with Crippen LogP contribution in [0.25, 0.3) is 16.8 Å². The summed E-state index contributed by atoms with van der Waals surface area (Å²) in [6.07, 6.45) is 14.0. The van der Waals surface area contributed by atoms with Crippen LogP contribution in [0.1, 0.15) is 75.3 Å². The average Bonchev–Trinajstić information content (AvgIpc) is 2.73. The van der Waals surface area contributed by atoms with Gasteiger partial charge in [0.05, 0.1) is 0 Å². The molecule has 2 aromatic rings. The van der Waals surface area contributed by atoms with Crippen molar-refractivity contribution in [2.75, 3.05) is 0 Å². The minimum absolute atomic E-state index is 0.194. The van der Waals surface area contributed by atoms with Crippen molar-refractivity contribution in [1.82, 2.24) is 4.98 Å². The molecule has 0 aliphatic heterocycles. The fourth-order valence-electron chi connectivity index (χ4n) is 4.90. The van der Waals surface area contributed by atoms with Crippen molar-refractivity contribution in [3.8, 4) is 0 Å². The van der Waals surface area contributed by atoms with E-state index < -0.39 is 18.4 Å². The predicted molar refractivity (Wildman–Crippen MR) is 124 cm³/mol. The summed E-state index contributed by atoms with van der Waals surface area (Å²) in [7, 11) is 0. The first-order chi connectivity index (χ1) is 13.7. The fraction of sp³-hybridized carbons (Fsp3) is 0.520. The number of aromatic nitrogens is 1. The number of unbranched alkanes of at least 4 members (excludes halogenated alkanes) is 3. The summed E-state index contributed by atoms with van der Waals surface area (Å²) in [5, 5.41) is 2.17. The Balaban J connectivity index is 2.06. The molecule has 1 atom stereocenters. The third kappa shape index (κ3) is 4.37. The number of ketones is 1. The monoisotopic (exact) mass is 485 g/mol. The van der Waals surface area contributed by atoms with Gasteiger partial charge in [0, 0.05) is 0 Å². The van der Waals surface area contributed by atoms with E-state index in [2.05, 4.69) is 50.0 Å². The second-order valence-corrected chi connectivity index (χ2v) is 22.3. The molecule has 1 aromatic carbocycles. The summed E-state index contributed by atoms with van der Waals surface area (Å²) < 4.78 is 4.28. The number of benzene rings is 1. The average molecular weight is 484 g/mol. The van der Waals surface area contributed by atoms with Gasteiger partial charge < -0.3 is 0 Å². The summed E-state index contributed by atoms with van der Waals surface area (Å²) in [6.45, 7) is 6.88. The molecular formula is C25H35NOSn. The van der Waals surface area contributed by atoms with Crippen LogP contribution in [0.2, 0.25) is 17.2 Å². The van der Waals surface area contributed by atoms with Crippen molar-refractivity contribution < 1.29 is 4.79 Å². The van der Waals surface area contributed by atoms with Gasteiger partial charge in [0.15, 0.2) is 0 Å². The predicted octanol–water partition coefficient (Wildman–Crippen LogP) is 7.66. The molecule has 28 heavy (non-hydrogen) atoms. The molecule has 3 heteroatoms. The van der Waals surface area contributed by atoms with E-state index in [1.807, 2.05) is 18.3 Å². The number of nitrogens with zero attached hydrogens (tertiary/aromatic N) is 1. The van der Waals surface area contributed by atoms with E-state index in [1.165, 1.54) is 51.8 Å². The molecule has 0 bridgehead atoms. The third-order valence-corrected chi connectivity index (χ3v) is 23.2. The fourth-order valence-corrected chi connectivity index (χ4v) is 22.2. The van der Waals surface area contributed by atoms with Gasteiger partial charge in [-0.05, 0) is 0 Å². The summed E-state index contributed by atoms with van der Waals surface area (Å²) in [4.78, 5) is 18.5. The number of fused-ring (bicyclic) bond motifs is 3. The summed E-state index contributed by atoms with van der Waals surface area (Å²) >= 11 is -2.68. The van der Waals surface area contributed by atoms with Gasteiger partial charge in [-0.1, -0.05) is 0 Å². The molecule has 1 aliphatic carbocycles. The second-order valence-electron chi connectivity index (χ2n) is 8.48. The molecule has 1 heterocycles. The summed E-state index contributed by atoms with van der Waals surface area (Å²) in [5.41, 5.74) is 1.78. The van der Waals surface area contributed by atoms with E-state index >= 15 is 0 Å². The van der Waals surface area contributed by atoms with Crippen LogP contribution in [-0.4, -0.2) is 29.1 Å². The van der Waals surface area contributed by atoms with E-state index in [4.69, 9.17) is 0 Å². The third-order valence-electron chi connectivity index (χ3n) is 6.55. The molecule has 0 radical (unpaired) electrons. The Morgan fingerprint density at radius 3 is 2.14 bits per heavy atom. The van der Waals surface area contributed by atoms with Crippen LogP contribution >= 0.6 is 0 Å². The normalized spacial score (nSPS) is 16.5. The number of hydrogen-bond acceptors (Lipinski definition) is 2. The molecule has 0 spiro atoms. The first-order valence-electron chi connectivity index (χ1n) is 11.3. The van der Waals surface area contributed by atoms with Crippen LogP contribution in [-0.2, 0) is 0 Å². The van der Waals surface area contributed by atoms with Gasteiger partial charge in [-0.15, -0.1) is 0 Å². The SMILES string of the molecule is CCC[CH2][Sn]([CH2]CCC)([CH2]CCC)[CH]1C=Cc2ncc3ccccc3c2C1=O. The van der Waals surface area contributed by atoms with E-state index in [-0.39, 0.29) is 3.93 Å². The van der Waals surface area contributed by atoms with E-state index in [9.17, 15) is 4.79 Å². The van der Waals surface area contributed by atoms with Crippen molar-refractivity contribution in [1.29, 1.82) is 0 Å². The van der Waals surface area contributed by atoms with Crippen molar-refractivity contribution >= 4 is 41.0 Å². The Labute approximate surface area is 174 Å². The molecule has 1 aliphatic rings. The molecule has 1 unspecified atom stereocenters. The molecule has 1 aromatic heterocycles. The zero-order valence-corrected chi connectivity index (χ0v) is 20.7. The number of carbonyl (C=O) groups excluding carboxylic acids is 1. The molecule has 0 fully saturated rings.